The van der Waals surface area contributed by atoms with Crippen molar-refractivity contribution in [3.63, 3.8) is 0 Å². The second-order valence-corrected chi connectivity index (χ2v) is 10.9. The van der Waals surface area contributed by atoms with Gasteiger partial charge in [-0.3, -0.25) is 29.0 Å². The zero-order valence-electron chi connectivity index (χ0n) is 25.9. The number of carbonyl (C=O) groups excluding carboxylic acids is 4. The summed E-state index contributed by atoms with van der Waals surface area (Å²) in [6, 6.07) is -6.78. The number of unbranched alkanes of at least 4 members (excludes halogenated alkanes) is 1. The molecule has 262 valence electrons. The van der Waals surface area contributed by atoms with Crippen molar-refractivity contribution in [1.82, 2.24) is 26.6 Å². The van der Waals surface area contributed by atoms with Crippen molar-refractivity contribution in [2.24, 2.45) is 22.2 Å². The highest BCUT2D eigenvalue weighted by Crippen LogP contribution is 2.06. The van der Waals surface area contributed by atoms with Gasteiger partial charge < -0.3 is 64.2 Å². The molecule has 0 fully saturated rings. The normalized spacial score (nSPS) is 14.6. The maximum Gasteiger partial charge on any atom is 0.328 e. The Bertz CT molecular complexity index is 1090. The van der Waals surface area contributed by atoms with Crippen LogP contribution in [0.2, 0.25) is 0 Å². The molecule has 0 aromatic carbocycles. The number of rotatable bonds is 23. The number of aliphatic carboxylic acids is 2. The predicted octanol–water partition coefficient (Wildman–Crippen LogP) is -4.26. The van der Waals surface area contributed by atoms with Gasteiger partial charge in [0, 0.05) is 19.5 Å². The number of carboxylic acid groups (broad SMARTS) is 2. The van der Waals surface area contributed by atoms with Gasteiger partial charge in [0.1, 0.15) is 18.1 Å². The summed E-state index contributed by atoms with van der Waals surface area (Å²) in [5, 5.41) is 49.7. The van der Waals surface area contributed by atoms with E-state index in [9.17, 15) is 44.1 Å². The first-order valence-electron chi connectivity index (χ1n) is 14.5. The van der Waals surface area contributed by atoms with Crippen molar-refractivity contribution in [1.29, 1.82) is 0 Å². The zero-order chi connectivity index (χ0) is 35.4. The summed E-state index contributed by atoms with van der Waals surface area (Å²) in [5.41, 5.74) is 16.3. The van der Waals surface area contributed by atoms with Crippen LogP contribution in [0.5, 0.6) is 0 Å². The van der Waals surface area contributed by atoms with E-state index in [0.29, 0.717) is 24.4 Å². The molecule has 20 heteroatoms. The van der Waals surface area contributed by atoms with Crippen molar-refractivity contribution in [3.05, 3.63) is 0 Å². The van der Waals surface area contributed by atoms with E-state index >= 15 is 0 Å². The summed E-state index contributed by atoms with van der Waals surface area (Å²) >= 11 is 5.08. The minimum atomic E-state index is -1.73. The first kappa shape index (κ1) is 41.9. The summed E-state index contributed by atoms with van der Waals surface area (Å²) in [6.45, 7) is 2.06. The number of aliphatic hydroxyl groups excluding tert-OH is 2. The van der Waals surface area contributed by atoms with E-state index in [2.05, 4.69) is 26.3 Å². The number of aliphatic imine (C=N–C) groups is 1. The fourth-order valence-corrected chi connectivity index (χ4v) is 3.94. The molecule has 4 amide bonds. The highest BCUT2D eigenvalue weighted by molar-refractivity contribution is 7.80. The van der Waals surface area contributed by atoms with Crippen molar-refractivity contribution in [2.75, 3.05) is 19.7 Å². The van der Waals surface area contributed by atoms with E-state index in [1.165, 1.54) is 6.92 Å². The molecular formula is C26H47N9O10S. The summed E-state index contributed by atoms with van der Waals surface area (Å²) in [6.07, 6.45) is -0.422. The van der Waals surface area contributed by atoms with E-state index in [0.717, 1.165) is 6.92 Å². The second kappa shape index (κ2) is 22.4. The summed E-state index contributed by atoms with van der Waals surface area (Å²) in [4.78, 5) is 77.8. The zero-order valence-corrected chi connectivity index (χ0v) is 26.7. The van der Waals surface area contributed by atoms with Crippen LogP contribution in [0.1, 0.15) is 58.8 Å². The average Bonchev–Trinajstić information content (AvgIpc) is 2.97. The van der Waals surface area contributed by atoms with Gasteiger partial charge >= 0.3 is 11.9 Å². The third-order valence-electron chi connectivity index (χ3n) is 6.29. The Balaban J connectivity index is 5.79. The lowest BCUT2D eigenvalue weighted by molar-refractivity contribution is -0.145. The van der Waals surface area contributed by atoms with Crippen LogP contribution >= 0.6 is 12.2 Å². The molecule has 0 aromatic heterocycles. The first-order chi connectivity index (χ1) is 21.5. The number of guanidine groups is 1. The van der Waals surface area contributed by atoms with Gasteiger partial charge in [-0.1, -0.05) is 12.2 Å². The predicted molar refractivity (Wildman–Crippen MR) is 169 cm³/mol. The number of hydrogen-bond donors (Lipinski definition) is 12. The standard InChI is InChI=1S/C26H47N9O10S/c1-13(27)21(40)32-16(7-5-11-31-26(28)29)22(41)33-15(6-3-4-10-30-18(46)8-9-19(38)39)23(42)34-17(12-36)24(43)35-20(14(2)37)25(44)45/h13-17,20,36-37H,3-12,27H2,1-2H3,(H,30,46)(H,32,40)(H,33,41)(H,34,42)(H,35,43)(H,38,39)(H,44,45)(H4,28,29,31)/t13-,14+,15-,16-,17-,20-/m0/s1. The topological polar surface area (TPSA) is 334 Å². The molecule has 0 aliphatic heterocycles. The number of carboxylic acids is 2. The Morgan fingerprint density at radius 2 is 1.30 bits per heavy atom. The van der Waals surface area contributed by atoms with Gasteiger partial charge in [0.15, 0.2) is 12.0 Å². The van der Waals surface area contributed by atoms with E-state index in [1.807, 2.05) is 5.32 Å². The quantitative estimate of drug-likeness (QED) is 0.0211. The molecule has 0 rings (SSSR count). The summed E-state index contributed by atoms with van der Waals surface area (Å²) in [7, 11) is 0. The molecule has 0 saturated carbocycles. The van der Waals surface area contributed by atoms with Crippen molar-refractivity contribution >= 4 is 58.7 Å². The summed E-state index contributed by atoms with van der Waals surface area (Å²) in [5.74, 6) is -6.14. The molecule has 0 bridgehead atoms. The highest BCUT2D eigenvalue weighted by atomic mass is 32.1. The Labute approximate surface area is 271 Å². The molecule has 6 atom stereocenters. The second-order valence-electron chi connectivity index (χ2n) is 10.4. The Morgan fingerprint density at radius 3 is 1.78 bits per heavy atom. The highest BCUT2D eigenvalue weighted by Gasteiger charge is 2.32. The lowest BCUT2D eigenvalue weighted by Gasteiger charge is -2.26. The number of aliphatic hydroxyl groups is 2. The Hall–Kier alpha value is -4.14. The first-order valence-corrected chi connectivity index (χ1v) is 14.9. The van der Waals surface area contributed by atoms with Crippen LogP contribution in [-0.4, -0.2) is 123 Å². The molecule has 19 nitrogen and oxygen atoms in total. The van der Waals surface area contributed by atoms with Gasteiger partial charge in [0.05, 0.1) is 30.2 Å². The van der Waals surface area contributed by atoms with Gasteiger partial charge in [-0.15, -0.1) is 0 Å². The van der Waals surface area contributed by atoms with Crippen molar-refractivity contribution < 1.29 is 49.2 Å². The molecule has 0 aromatic rings. The van der Waals surface area contributed by atoms with E-state index in [-0.39, 0.29) is 44.6 Å². The number of carbonyl (C=O) groups is 6. The Morgan fingerprint density at radius 1 is 0.783 bits per heavy atom. The lowest BCUT2D eigenvalue weighted by Crippen LogP contribution is -2.59. The SMILES string of the molecule is C[C@H](N)C(=O)N[C@@H](CCCN=C(N)N)C(=O)N[C@@H](CCCCNC(=S)CCC(=O)O)C(=O)N[C@@H](CO)C(=O)N[C@H](C(=O)O)[C@@H](C)O. The monoisotopic (exact) mass is 677 g/mol. The fraction of sp³-hybridized carbons (Fsp3) is 0.692. The van der Waals surface area contributed by atoms with Gasteiger partial charge in [-0.25, -0.2) is 4.79 Å². The number of hydrogen-bond acceptors (Lipinski definition) is 11. The number of nitrogens with one attached hydrogen (secondary N) is 5. The van der Waals surface area contributed by atoms with Gasteiger partial charge in [0.2, 0.25) is 23.6 Å². The molecular weight excluding hydrogens is 630 g/mol. The molecule has 0 unspecified atom stereocenters. The lowest BCUT2D eigenvalue weighted by atomic mass is 10.1. The van der Waals surface area contributed by atoms with Crippen LogP contribution < -0.4 is 43.8 Å². The molecule has 0 heterocycles. The smallest absolute Gasteiger partial charge is 0.328 e. The molecule has 15 N–H and O–H groups in total. The van der Waals surface area contributed by atoms with E-state index in [1.54, 1.807) is 0 Å². The number of nitrogens with two attached hydrogens (primary N) is 3. The van der Waals surface area contributed by atoms with Crippen molar-refractivity contribution in [2.45, 2.75) is 95.1 Å². The molecule has 46 heavy (non-hydrogen) atoms. The van der Waals surface area contributed by atoms with Crippen LogP contribution in [0.15, 0.2) is 4.99 Å². The largest absolute Gasteiger partial charge is 0.481 e. The van der Waals surface area contributed by atoms with Crippen LogP contribution in [-0.2, 0) is 28.8 Å². The minimum absolute atomic E-state index is 0.00823. The molecule has 0 saturated heterocycles. The van der Waals surface area contributed by atoms with Crippen LogP contribution in [0.25, 0.3) is 0 Å². The van der Waals surface area contributed by atoms with E-state index < -0.39 is 78.5 Å². The third kappa shape index (κ3) is 18.0. The fourth-order valence-electron chi connectivity index (χ4n) is 3.74. The van der Waals surface area contributed by atoms with Gasteiger partial charge in [0.25, 0.3) is 0 Å². The molecule has 0 aliphatic carbocycles. The molecule has 0 radical (unpaired) electrons. The van der Waals surface area contributed by atoms with Gasteiger partial charge in [-0.05, 0) is 46.0 Å². The van der Waals surface area contributed by atoms with Crippen LogP contribution in [0.4, 0.5) is 0 Å². The minimum Gasteiger partial charge on any atom is -0.481 e. The Kier molecular flexibility index (Phi) is 20.4. The van der Waals surface area contributed by atoms with Gasteiger partial charge in [-0.2, -0.15) is 0 Å². The summed E-state index contributed by atoms with van der Waals surface area (Å²) < 4.78 is 0. The molecule has 0 aliphatic rings. The number of amides is 4. The van der Waals surface area contributed by atoms with E-state index in [4.69, 9.17) is 34.5 Å². The average molecular weight is 678 g/mol. The third-order valence-corrected chi connectivity index (χ3v) is 6.64. The molecule has 0 spiro atoms. The maximum atomic E-state index is 13.3. The number of thiocarbonyl (C=S) groups is 1. The van der Waals surface area contributed by atoms with Crippen molar-refractivity contribution in [3.8, 4) is 0 Å². The number of nitrogens with zero attached hydrogens (tertiary/aromatic N) is 1. The van der Waals surface area contributed by atoms with Crippen LogP contribution in [0, 0.1) is 0 Å². The van der Waals surface area contributed by atoms with Crippen LogP contribution in [0.3, 0.4) is 0 Å². The maximum absolute atomic E-state index is 13.3.